The molecule has 0 fully saturated rings. The first-order valence-electron chi connectivity index (χ1n) is 4.71. The van der Waals surface area contributed by atoms with Gasteiger partial charge in [0, 0.05) is 18.6 Å². The Morgan fingerprint density at radius 3 is 2.80 bits per heavy atom. The first kappa shape index (κ1) is 12.1. The molecular formula is C10H16ClN3O. The summed E-state index contributed by atoms with van der Waals surface area (Å²) in [5.41, 5.74) is 6.05. The minimum absolute atomic E-state index is 0.0977. The smallest absolute Gasteiger partial charge is 0.150 e. The van der Waals surface area contributed by atoms with E-state index in [1.165, 1.54) is 0 Å². The SMILES string of the molecule is CC(C)(CO)CNc1nc(Cl)ccc1N. The first-order chi connectivity index (χ1) is 6.94. The highest BCUT2D eigenvalue weighted by atomic mass is 35.5. The van der Waals surface area contributed by atoms with E-state index in [4.69, 9.17) is 22.4 Å². The van der Waals surface area contributed by atoms with Crippen molar-refractivity contribution in [2.24, 2.45) is 5.41 Å². The number of aliphatic hydroxyl groups excluding tert-OH is 1. The van der Waals surface area contributed by atoms with Crippen molar-refractivity contribution < 1.29 is 5.11 Å². The molecule has 0 unspecified atom stereocenters. The number of hydrogen-bond donors (Lipinski definition) is 3. The second-order valence-corrected chi connectivity index (χ2v) is 4.63. The Morgan fingerprint density at radius 1 is 1.53 bits per heavy atom. The lowest BCUT2D eigenvalue weighted by atomic mass is 9.95. The molecule has 0 saturated heterocycles. The molecule has 1 aromatic rings. The number of nitrogens with two attached hydrogens (primary N) is 1. The van der Waals surface area contributed by atoms with E-state index in [-0.39, 0.29) is 12.0 Å². The maximum atomic E-state index is 9.08. The molecule has 4 N–H and O–H groups in total. The lowest BCUT2D eigenvalue weighted by molar-refractivity contribution is 0.171. The van der Waals surface area contributed by atoms with E-state index < -0.39 is 0 Å². The minimum Gasteiger partial charge on any atom is -0.396 e. The van der Waals surface area contributed by atoms with Crippen LogP contribution in [-0.4, -0.2) is 23.2 Å². The van der Waals surface area contributed by atoms with Crippen LogP contribution in [0.3, 0.4) is 0 Å². The summed E-state index contributed by atoms with van der Waals surface area (Å²) in [6.07, 6.45) is 0. The Bertz CT molecular complexity index is 341. The van der Waals surface area contributed by atoms with E-state index in [1.54, 1.807) is 12.1 Å². The van der Waals surface area contributed by atoms with E-state index in [0.717, 1.165) is 0 Å². The van der Waals surface area contributed by atoms with Crippen molar-refractivity contribution in [3.8, 4) is 0 Å². The molecule has 5 heteroatoms. The van der Waals surface area contributed by atoms with Crippen molar-refractivity contribution in [1.82, 2.24) is 4.98 Å². The predicted octanol–water partition coefficient (Wildman–Crippen LogP) is 1.75. The van der Waals surface area contributed by atoms with E-state index >= 15 is 0 Å². The largest absolute Gasteiger partial charge is 0.396 e. The molecule has 0 aromatic carbocycles. The minimum atomic E-state index is -0.212. The average Bonchev–Trinajstić information content (AvgIpc) is 2.20. The summed E-state index contributed by atoms with van der Waals surface area (Å²) < 4.78 is 0. The fourth-order valence-corrected chi connectivity index (χ4v) is 1.11. The Labute approximate surface area is 94.5 Å². The molecule has 0 spiro atoms. The van der Waals surface area contributed by atoms with E-state index in [0.29, 0.717) is 23.2 Å². The van der Waals surface area contributed by atoms with Gasteiger partial charge in [0.15, 0.2) is 5.82 Å². The molecule has 1 aromatic heterocycles. The molecule has 84 valence electrons. The summed E-state index contributed by atoms with van der Waals surface area (Å²) in [6.45, 7) is 4.57. The van der Waals surface area contributed by atoms with Gasteiger partial charge in [-0.05, 0) is 12.1 Å². The molecule has 0 saturated carbocycles. The third-order valence-corrected chi connectivity index (χ3v) is 2.27. The van der Waals surface area contributed by atoms with E-state index in [9.17, 15) is 0 Å². The van der Waals surface area contributed by atoms with Gasteiger partial charge in [0.25, 0.3) is 0 Å². The second kappa shape index (κ2) is 4.68. The highest BCUT2D eigenvalue weighted by Gasteiger charge is 2.16. The van der Waals surface area contributed by atoms with E-state index in [2.05, 4.69) is 10.3 Å². The molecule has 1 rings (SSSR count). The maximum Gasteiger partial charge on any atom is 0.150 e. The van der Waals surface area contributed by atoms with Crippen molar-refractivity contribution in [1.29, 1.82) is 0 Å². The van der Waals surface area contributed by atoms with Gasteiger partial charge in [-0.25, -0.2) is 4.98 Å². The van der Waals surface area contributed by atoms with Crippen LogP contribution in [0, 0.1) is 5.41 Å². The number of halogens is 1. The molecule has 0 amide bonds. The Balaban J connectivity index is 2.69. The maximum absolute atomic E-state index is 9.08. The normalized spacial score (nSPS) is 11.5. The highest BCUT2D eigenvalue weighted by molar-refractivity contribution is 6.29. The Kier molecular flexibility index (Phi) is 3.77. The van der Waals surface area contributed by atoms with Crippen molar-refractivity contribution >= 4 is 23.1 Å². The number of anilines is 2. The van der Waals surface area contributed by atoms with Crippen LogP contribution in [0.25, 0.3) is 0 Å². The number of hydrogen-bond acceptors (Lipinski definition) is 4. The zero-order valence-electron chi connectivity index (χ0n) is 8.92. The van der Waals surface area contributed by atoms with Gasteiger partial charge in [0.1, 0.15) is 5.15 Å². The summed E-state index contributed by atoms with van der Waals surface area (Å²) in [4.78, 5) is 4.06. The monoisotopic (exact) mass is 229 g/mol. The Morgan fingerprint density at radius 2 is 2.20 bits per heavy atom. The zero-order valence-corrected chi connectivity index (χ0v) is 9.67. The predicted molar refractivity (Wildman–Crippen MR) is 63.0 cm³/mol. The summed E-state index contributed by atoms with van der Waals surface area (Å²) in [7, 11) is 0. The van der Waals surface area contributed by atoms with Gasteiger partial charge in [0.2, 0.25) is 0 Å². The van der Waals surface area contributed by atoms with Crippen molar-refractivity contribution in [2.75, 3.05) is 24.2 Å². The van der Waals surface area contributed by atoms with Crippen molar-refractivity contribution in [2.45, 2.75) is 13.8 Å². The molecule has 4 nitrogen and oxygen atoms in total. The summed E-state index contributed by atoms with van der Waals surface area (Å²) in [5, 5.41) is 12.5. The van der Waals surface area contributed by atoms with Crippen LogP contribution < -0.4 is 11.1 Å². The number of nitrogen functional groups attached to an aromatic ring is 1. The summed E-state index contributed by atoms with van der Waals surface area (Å²) in [5.74, 6) is 0.559. The molecule has 1 heterocycles. The Hall–Kier alpha value is -1.00. The van der Waals surface area contributed by atoms with Crippen LogP contribution >= 0.6 is 11.6 Å². The van der Waals surface area contributed by atoms with Crippen LogP contribution in [-0.2, 0) is 0 Å². The average molecular weight is 230 g/mol. The quantitative estimate of drug-likeness (QED) is 0.688. The fraction of sp³-hybridized carbons (Fsp3) is 0.500. The van der Waals surface area contributed by atoms with Gasteiger partial charge in [-0.3, -0.25) is 0 Å². The molecule has 15 heavy (non-hydrogen) atoms. The number of aliphatic hydroxyl groups is 1. The van der Waals surface area contributed by atoms with Gasteiger partial charge in [-0.1, -0.05) is 25.4 Å². The standard InChI is InChI=1S/C10H16ClN3O/c1-10(2,6-15)5-13-9-7(12)3-4-8(11)14-9/h3-4,15H,5-6,12H2,1-2H3,(H,13,14). The van der Waals surface area contributed by atoms with Crippen LogP contribution in [0.5, 0.6) is 0 Å². The van der Waals surface area contributed by atoms with Gasteiger partial charge < -0.3 is 16.2 Å². The number of nitrogens with one attached hydrogen (secondary N) is 1. The third kappa shape index (κ3) is 3.57. The third-order valence-electron chi connectivity index (χ3n) is 2.05. The van der Waals surface area contributed by atoms with Gasteiger partial charge in [-0.2, -0.15) is 0 Å². The van der Waals surface area contributed by atoms with Crippen molar-refractivity contribution in [3.05, 3.63) is 17.3 Å². The summed E-state index contributed by atoms with van der Waals surface area (Å²) >= 11 is 5.74. The topological polar surface area (TPSA) is 71.2 Å². The molecular weight excluding hydrogens is 214 g/mol. The molecule has 0 aliphatic carbocycles. The molecule has 0 bridgehead atoms. The highest BCUT2D eigenvalue weighted by Crippen LogP contribution is 2.21. The summed E-state index contributed by atoms with van der Waals surface area (Å²) in [6, 6.07) is 3.34. The first-order valence-corrected chi connectivity index (χ1v) is 5.09. The van der Waals surface area contributed by atoms with Gasteiger partial charge >= 0.3 is 0 Å². The number of rotatable bonds is 4. The molecule has 0 aliphatic rings. The van der Waals surface area contributed by atoms with Gasteiger partial charge in [0.05, 0.1) is 5.69 Å². The lowest BCUT2D eigenvalue weighted by Crippen LogP contribution is -2.27. The molecule has 0 aliphatic heterocycles. The number of pyridine rings is 1. The van der Waals surface area contributed by atoms with Crippen LogP contribution in [0.2, 0.25) is 5.15 Å². The number of nitrogens with zero attached hydrogens (tertiary/aromatic N) is 1. The van der Waals surface area contributed by atoms with Crippen LogP contribution in [0.15, 0.2) is 12.1 Å². The zero-order chi connectivity index (χ0) is 11.5. The van der Waals surface area contributed by atoms with E-state index in [1.807, 2.05) is 13.8 Å². The number of aromatic nitrogens is 1. The van der Waals surface area contributed by atoms with Crippen LogP contribution in [0.1, 0.15) is 13.8 Å². The fourth-order valence-electron chi connectivity index (χ4n) is 0.967. The molecule has 0 atom stereocenters. The van der Waals surface area contributed by atoms with Crippen LogP contribution in [0.4, 0.5) is 11.5 Å². The van der Waals surface area contributed by atoms with Crippen molar-refractivity contribution in [3.63, 3.8) is 0 Å². The lowest BCUT2D eigenvalue weighted by Gasteiger charge is -2.22. The molecule has 0 radical (unpaired) electrons. The second-order valence-electron chi connectivity index (χ2n) is 4.25. The van der Waals surface area contributed by atoms with Gasteiger partial charge in [-0.15, -0.1) is 0 Å².